The summed E-state index contributed by atoms with van der Waals surface area (Å²) < 4.78 is 0. The number of benzene rings is 2. The SMILES string of the molecule is CC(C)c1ncnc2c1CCN(c1cccc3ccccc13)C2. The quantitative estimate of drug-likeness (QED) is 0.706. The number of hydrogen-bond donors (Lipinski definition) is 0. The van der Waals surface area contributed by atoms with Crippen molar-refractivity contribution in [1.29, 1.82) is 0 Å². The van der Waals surface area contributed by atoms with Crippen molar-refractivity contribution >= 4 is 16.5 Å². The fraction of sp³-hybridized carbons (Fsp3) is 0.300. The van der Waals surface area contributed by atoms with Crippen molar-refractivity contribution in [2.75, 3.05) is 11.4 Å². The molecule has 23 heavy (non-hydrogen) atoms. The van der Waals surface area contributed by atoms with Crippen molar-refractivity contribution in [2.24, 2.45) is 0 Å². The van der Waals surface area contributed by atoms with Gasteiger partial charge in [-0.1, -0.05) is 50.2 Å². The maximum absolute atomic E-state index is 4.57. The third-order valence-corrected chi connectivity index (χ3v) is 4.69. The summed E-state index contributed by atoms with van der Waals surface area (Å²) in [7, 11) is 0. The van der Waals surface area contributed by atoms with E-state index >= 15 is 0 Å². The van der Waals surface area contributed by atoms with Gasteiger partial charge >= 0.3 is 0 Å². The zero-order valence-corrected chi connectivity index (χ0v) is 13.7. The van der Waals surface area contributed by atoms with Crippen LogP contribution < -0.4 is 4.90 Å². The van der Waals surface area contributed by atoms with E-state index in [1.807, 2.05) is 0 Å². The lowest BCUT2D eigenvalue weighted by atomic mass is 9.96. The van der Waals surface area contributed by atoms with E-state index in [4.69, 9.17) is 0 Å². The van der Waals surface area contributed by atoms with Gasteiger partial charge in [0.1, 0.15) is 6.33 Å². The van der Waals surface area contributed by atoms with Gasteiger partial charge in [-0.2, -0.15) is 0 Å². The summed E-state index contributed by atoms with van der Waals surface area (Å²) in [6, 6.07) is 15.1. The van der Waals surface area contributed by atoms with Crippen LogP contribution in [0.5, 0.6) is 0 Å². The molecule has 4 rings (SSSR count). The highest BCUT2D eigenvalue weighted by atomic mass is 15.1. The van der Waals surface area contributed by atoms with E-state index in [0.29, 0.717) is 5.92 Å². The first-order chi connectivity index (χ1) is 11.2. The Kier molecular flexibility index (Phi) is 3.49. The minimum atomic E-state index is 0.454. The first-order valence-electron chi connectivity index (χ1n) is 8.29. The molecule has 3 heteroatoms. The fourth-order valence-corrected chi connectivity index (χ4v) is 3.57. The smallest absolute Gasteiger partial charge is 0.116 e. The molecule has 0 amide bonds. The minimum Gasteiger partial charge on any atom is -0.365 e. The molecule has 2 aromatic carbocycles. The molecule has 0 saturated carbocycles. The largest absolute Gasteiger partial charge is 0.365 e. The van der Waals surface area contributed by atoms with E-state index in [2.05, 4.69) is 71.2 Å². The maximum Gasteiger partial charge on any atom is 0.116 e. The van der Waals surface area contributed by atoms with Gasteiger partial charge in [0, 0.05) is 23.3 Å². The Bertz CT molecular complexity index is 849. The van der Waals surface area contributed by atoms with Crippen LogP contribution in [0.4, 0.5) is 5.69 Å². The van der Waals surface area contributed by atoms with Crippen molar-refractivity contribution < 1.29 is 0 Å². The summed E-state index contributed by atoms with van der Waals surface area (Å²) in [6.45, 7) is 6.30. The average molecular weight is 303 g/mol. The molecule has 0 atom stereocenters. The van der Waals surface area contributed by atoms with Crippen LogP contribution in [0.3, 0.4) is 0 Å². The summed E-state index contributed by atoms with van der Waals surface area (Å²) in [4.78, 5) is 11.5. The molecule has 1 aromatic heterocycles. The molecule has 0 bridgehead atoms. The van der Waals surface area contributed by atoms with Crippen LogP contribution in [0.2, 0.25) is 0 Å². The molecule has 1 aliphatic rings. The second-order valence-electron chi connectivity index (χ2n) is 6.51. The van der Waals surface area contributed by atoms with Gasteiger partial charge in [-0.3, -0.25) is 0 Å². The number of aromatic nitrogens is 2. The highest BCUT2D eigenvalue weighted by molar-refractivity contribution is 5.94. The third kappa shape index (κ3) is 2.46. The molecular weight excluding hydrogens is 282 g/mol. The Morgan fingerprint density at radius 2 is 1.83 bits per heavy atom. The number of rotatable bonds is 2. The van der Waals surface area contributed by atoms with Crippen LogP contribution in [-0.2, 0) is 13.0 Å². The third-order valence-electron chi connectivity index (χ3n) is 4.69. The molecule has 0 fully saturated rings. The van der Waals surface area contributed by atoms with Gasteiger partial charge in [-0.05, 0) is 29.4 Å². The van der Waals surface area contributed by atoms with Crippen LogP contribution in [0.1, 0.15) is 36.7 Å². The summed E-state index contributed by atoms with van der Waals surface area (Å²) in [6.07, 6.45) is 2.74. The van der Waals surface area contributed by atoms with E-state index in [-0.39, 0.29) is 0 Å². The Morgan fingerprint density at radius 1 is 1.00 bits per heavy atom. The van der Waals surface area contributed by atoms with E-state index < -0.39 is 0 Å². The zero-order valence-electron chi connectivity index (χ0n) is 13.7. The molecule has 3 nitrogen and oxygen atoms in total. The number of anilines is 1. The highest BCUT2D eigenvalue weighted by Gasteiger charge is 2.22. The van der Waals surface area contributed by atoms with Gasteiger partial charge in [0.2, 0.25) is 0 Å². The van der Waals surface area contributed by atoms with E-state index in [1.165, 1.54) is 33.4 Å². The van der Waals surface area contributed by atoms with Gasteiger partial charge in [0.05, 0.1) is 12.2 Å². The minimum absolute atomic E-state index is 0.454. The van der Waals surface area contributed by atoms with E-state index in [9.17, 15) is 0 Å². The number of nitrogens with zero attached hydrogens (tertiary/aromatic N) is 3. The Balaban J connectivity index is 1.74. The molecule has 2 heterocycles. The van der Waals surface area contributed by atoms with E-state index in [1.54, 1.807) is 6.33 Å². The standard InChI is InChI=1S/C20H21N3/c1-14(2)20-17-10-11-23(12-18(17)21-13-22-20)19-9-5-7-15-6-3-4-8-16(15)19/h3-9,13-14H,10-12H2,1-2H3. The van der Waals surface area contributed by atoms with Gasteiger partial charge in [-0.15, -0.1) is 0 Å². The fourth-order valence-electron chi connectivity index (χ4n) is 3.57. The molecule has 0 saturated heterocycles. The highest BCUT2D eigenvalue weighted by Crippen LogP contribution is 2.31. The Labute approximate surface area is 137 Å². The normalized spacial score (nSPS) is 14.3. The second kappa shape index (κ2) is 5.65. The van der Waals surface area contributed by atoms with Gasteiger partial charge in [-0.25, -0.2) is 9.97 Å². The summed E-state index contributed by atoms with van der Waals surface area (Å²) in [5.74, 6) is 0.454. The van der Waals surface area contributed by atoms with Crippen molar-refractivity contribution in [3.8, 4) is 0 Å². The van der Waals surface area contributed by atoms with Crippen molar-refractivity contribution in [2.45, 2.75) is 32.7 Å². The average Bonchev–Trinajstić information content (AvgIpc) is 2.60. The van der Waals surface area contributed by atoms with Crippen LogP contribution >= 0.6 is 0 Å². The van der Waals surface area contributed by atoms with Crippen LogP contribution in [0.15, 0.2) is 48.8 Å². The van der Waals surface area contributed by atoms with Gasteiger partial charge in [0.15, 0.2) is 0 Å². The Hall–Kier alpha value is -2.42. The molecule has 1 aliphatic heterocycles. The van der Waals surface area contributed by atoms with Crippen molar-refractivity contribution in [3.05, 3.63) is 65.7 Å². The lowest BCUT2D eigenvalue weighted by Gasteiger charge is -2.32. The molecule has 0 N–H and O–H groups in total. The number of hydrogen-bond acceptors (Lipinski definition) is 3. The predicted octanol–water partition coefficient (Wildman–Crippen LogP) is 4.32. The summed E-state index contributed by atoms with van der Waals surface area (Å²) in [5, 5.41) is 2.61. The van der Waals surface area contributed by atoms with Crippen LogP contribution in [0, 0.1) is 0 Å². The molecule has 0 unspecified atom stereocenters. The van der Waals surface area contributed by atoms with Crippen LogP contribution in [-0.4, -0.2) is 16.5 Å². The molecule has 0 aliphatic carbocycles. The zero-order chi connectivity index (χ0) is 15.8. The monoisotopic (exact) mass is 303 g/mol. The van der Waals surface area contributed by atoms with Gasteiger partial charge in [0.25, 0.3) is 0 Å². The first kappa shape index (κ1) is 14.2. The lowest BCUT2D eigenvalue weighted by Crippen LogP contribution is -2.32. The maximum atomic E-state index is 4.57. The lowest BCUT2D eigenvalue weighted by molar-refractivity contribution is 0.675. The van der Waals surface area contributed by atoms with Crippen molar-refractivity contribution in [1.82, 2.24) is 9.97 Å². The Morgan fingerprint density at radius 3 is 2.70 bits per heavy atom. The second-order valence-corrected chi connectivity index (χ2v) is 6.51. The van der Waals surface area contributed by atoms with Crippen LogP contribution in [0.25, 0.3) is 10.8 Å². The predicted molar refractivity (Wildman–Crippen MR) is 94.8 cm³/mol. The van der Waals surface area contributed by atoms with Gasteiger partial charge < -0.3 is 4.90 Å². The molecule has 0 spiro atoms. The molecule has 116 valence electrons. The topological polar surface area (TPSA) is 29.0 Å². The molecular formula is C20H21N3. The summed E-state index contributed by atoms with van der Waals surface area (Å²) >= 11 is 0. The number of fused-ring (bicyclic) bond motifs is 2. The summed E-state index contributed by atoms with van der Waals surface area (Å²) in [5.41, 5.74) is 5.06. The van der Waals surface area contributed by atoms with E-state index in [0.717, 1.165) is 19.5 Å². The first-order valence-corrected chi connectivity index (χ1v) is 8.29. The molecule has 3 aromatic rings. The molecule has 0 radical (unpaired) electrons. The van der Waals surface area contributed by atoms with Crippen molar-refractivity contribution in [3.63, 3.8) is 0 Å².